The van der Waals surface area contributed by atoms with E-state index >= 15 is 0 Å². The second-order valence-electron chi connectivity index (χ2n) is 5.14. The molecular weight excluding hydrogens is 328 g/mol. The molecule has 5 heteroatoms. The van der Waals surface area contributed by atoms with Crippen LogP contribution in [-0.4, -0.2) is 16.2 Å². The molecule has 0 atom stereocenters. The van der Waals surface area contributed by atoms with Crippen LogP contribution in [0.4, 0.5) is 5.69 Å². The second-order valence-corrected chi connectivity index (χ2v) is 6.59. The highest BCUT2D eigenvalue weighted by Gasteiger charge is 2.10. The number of thioether (sulfide) groups is 1. The molecule has 0 fully saturated rings. The third-order valence-electron chi connectivity index (χ3n) is 3.58. The largest absolute Gasteiger partial charge is 0.347 e. The zero-order valence-corrected chi connectivity index (χ0v) is 14.3. The van der Waals surface area contributed by atoms with E-state index in [4.69, 9.17) is 11.6 Å². The van der Waals surface area contributed by atoms with Crippen molar-refractivity contribution in [2.24, 2.45) is 0 Å². The van der Waals surface area contributed by atoms with Crippen molar-refractivity contribution in [2.75, 3.05) is 11.1 Å². The van der Waals surface area contributed by atoms with Gasteiger partial charge in [0.25, 0.3) is 0 Å². The summed E-state index contributed by atoms with van der Waals surface area (Å²) in [6.07, 6.45) is 2.12. The highest BCUT2D eigenvalue weighted by atomic mass is 35.5. The average Bonchev–Trinajstić information content (AvgIpc) is 2.93. The van der Waals surface area contributed by atoms with Gasteiger partial charge in [-0.1, -0.05) is 29.8 Å². The molecular formula is C18H17ClN2OS. The van der Waals surface area contributed by atoms with Gasteiger partial charge in [0.05, 0.1) is 5.75 Å². The predicted molar refractivity (Wildman–Crippen MR) is 98.4 cm³/mol. The first-order valence-electron chi connectivity index (χ1n) is 7.43. The Kier molecular flexibility index (Phi) is 4.94. The zero-order chi connectivity index (χ0) is 16.2. The number of carbonyl (C=O) groups is 1. The third kappa shape index (κ3) is 3.71. The molecule has 3 aromatic rings. The molecule has 0 unspecified atom stereocenters. The predicted octanol–water partition coefficient (Wildman–Crippen LogP) is 5.05. The van der Waals surface area contributed by atoms with E-state index < -0.39 is 0 Å². The zero-order valence-electron chi connectivity index (χ0n) is 12.8. The Labute approximate surface area is 144 Å². The lowest BCUT2D eigenvalue weighted by Gasteiger charge is -2.04. The van der Waals surface area contributed by atoms with Crippen LogP contribution < -0.4 is 5.32 Å². The lowest BCUT2D eigenvalue weighted by molar-refractivity contribution is -0.113. The van der Waals surface area contributed by atoms with E-state index in [1.807, 2.05) is 12.1 Å². The highest BCUT2D eigenvalue weighted by Crippen LogP contribution is 2.30. The number of amides is 1. The summed E-state index contributed by atoms with van der Waals surface area (Å²) in [7, 11) is 0. The smallest absolute Gasteiger partial charge is 0.234 e. The Balaban J connectivity index is 1.68. The van der Waals surface area contributed by atoms with Gasteiger partial charge in [-0.3, -0.25) is 4.79 Å². The van der Waals surface area contributed by atoms with Crippen LogP contribution in [0.15, 0.2) is 59.6 Å². The van der Waals surface area contributed by atoms with Crippen LogP contribution in [0.1, 0.15) is 6.92 Å². The second kappa shape index (κ2) is 7.11. The van der Waals surface area contributed by atoms with Crippen LogP contribution >= 0.6 is 23.4 Å². The van der Waals surface area contributed by atoms with Gasteiger partial charge in [0.15, 0.2) is 0 Å². The normalized spacial score (nSPS) is 10.9. The lowest BCUT2D eigenvalue weighted by Crippen LogP contribution is -2.13. The quantitative estimate of drug-likeness (QED) is 0.657. The summed E-state index contributed by atoms with van der Waals surface area (Å²) in [5, 5.41) is 4.73. The lowest BCUT2D eigenvalue weighted by atomic mass is 10.2. The molecule has 1 N–H and O–H groups in total. The summed E-state index contributed by atoms with van der Waals surface area (Å²) in [5.74, 6) is 0.353. The SMILES string of the molecule is CCn1cc(SCC(=O)Nc2ccc(Cl)cc2)c2ccccc21. The Morgan fingerprint density at radius 3 is 2.65 bits per heavy atom. The fourth-order valence-corrected chi connectivity index (χ4v) is 3.48. The first-order chi connectivity index (χ1) is 11.2. The van der Waals surface area contributed by atoms with Gasteiger partial charge < -0.3 is 9.88 Å². The van der Waals surface area contributed by atoms with Crippen LogP contribution in [0, 0.1) is 0 Å². The van der Waals surface area contributed by atoms with Crippen molar-refractivity contribution in [3.05, 3.63) is 59.8 Å². The molecule has 23 heavy (non-hydrogen) atoms. The molecule has 0 aliphatic heterocycles. The van der Waals surface area contributed by atoms with E-state index in [-0.39, 0.29) is 5.91 Å². The first-order valence-corrected chi connectivity index (χ1v) is 8.80. The van der Waals surface area contributed by atoms with Gasteiger partial charge in [-0.2, -0.15) is 0 Å². The Hall–Kier alpha value is -1.91. The van der Waals surface area contributed by atoms with Gasteiger partial charge in [0.2, 0.25) is 5.91 Å². The maximum atomic E-state index is 12.1. The van der Waals surface area contributed by atoms with Crippen LogP contribution in [0.5, 0.6) is 0 Å². The standard InChI is InChI=1S/C18H17ClN2OS/c1-2-21-11-17(15-5-3-4-6-16(15)21)23-12-18(22)20-14-9-7-13(19)8-10-14/h3-11H,2,12H2,1H3,(H,20,22). The van der Waals surface area contributed by atoms with E-state index in [0.717, 1.165) is 17.1 Å². The minimum atomic E-state index is -0.0225. The number of aryl methyl sites for hydroxylation is 1. The summed E-state index contributed by atoms with van der Waals surface area (Å²) >= 11 is 7.40. The van der Waals surface area contributed by atoms with Gasteiger partial charge in [-0.25, -0.2) is 0 Å². The van der Waals surface area contributed by atoms with Crippen molar-refractivity contribution < 1.29 is 4.79 Å². The minimum Gasteiger partial charge on any atom is -0.347 e. The monoisotopic (exact) mass is 344 g/mol. The Morgan fingerprint density at radius 2 is 1.91 bits per heavy atom. The number of para-hydroxylation sites is 1. The fourth-order valence-electron chi connectivity index (χ4n) is 2.46. The molecule has 1 amide bonds. The number of nitrogens with one attached hydrogen (secondary N) is 1. The summed E-state index contributed by atoms with van der Waals surface area (Å²) in [6, 6.07) is 15.4. The van der Waals surface area contributed by atoms with Crippen molar-refractivity contribution in [2.45, 2.75) is 18.4 Å². The van der Waals surface area contributed by atoms with E-state index in [1.54, 1.807) is 36.0 Å². The van der Waals surface area contributed by atoms with Gasteiger partial charge in [0, 0.05) is 39.3 Å². The number of carbonyl (C=O) groups excluding carboxylic acids is 1. The molecule has 0 aliphatic carbocycles. The molecule has 0 bridgehead atoms. The molecule has 118 valence electrons. The van der Waals surface area contributed by atoms with Crippen molar-refractivity contribution >= 4 is 45.9 Å². The number of hydrogen-bond donors (Lipinski definition) is 1. The van der Waals surface area contributed by atoms with Crippen LogP contribution in [0.25, 0.3) is 10.9 Å². The molecule has 0 spiro atoms. The van der Waals surface area contributed by atoms with Crippen molar-refractivity contribution in [3.63, 3.8) is 0 Å². The van der Waals surface area contributed by atoms with E-state index in [9.17, 15) is 4.79 Å². The molecule has 2 aromatic carbocycles. The molecule has 3 nitrogen and oxygen atoms in total. The Morgan fingerprint density at radius 1 is 1.17 bits per heavy atom. The number of aromatic nitrogens is 1. The van der Waals surface area contributed by atoms with E-state index in [2.05, 4.69) is 35.1 Å². The average molecular weight is 345 g/mol. The van der Waals surface area contributed by atoms with Crippen LogP contribution in [0.2, 0.25) is 5.02 Å². The van der Waals surface area contributed by atoms with Gasteiger partial charge >= 0.3 is 0 Å². The third-order valence-corrected chi connectivity index (χ3v) is 4.87. The van der Waals surface area contributed by atoms with Crippen molar-refractivity contribution in [1.29, 1.82) is 0 Å². The molecule has 0 saturated heterocycles. The molecule has 0 saturated carbocycles. The topological polar surface area (TPSA) is 34.0 Å². The number of nitrogens with zero attached hydrogens (tertiary/aromatic N) is 1. The highest BCUT2D eigenvalue weighted by molar-refractivity contribution is 8.00. The van der Waals surface area contributed by atoms with Crippen LogP contribution in [-0.2, 0) is 11.3 Å². The molecule has 0 aliphatic rings. The number of fused-ring (bicyclic) bond motifs is 1. The number of rotatable bonds is 5. The summed E-state index contributed by atoms with van der Waals surface area (Å²) in [4.78, 5) is 13.2. The van der Waals surface area contributed by atoms with Crippen molar-refractivity contribution in [3.8, 4) is 0 Å². The molecule has 1 heterocycles. The number of hydrogen-bond acceptors (Lipinski definition) is 2. The number of anilines is 1. The number of halogens is 1. The first kappa shape index (κ1) is 16.0. The van der Waals surface area contributed by atoms with Gasteiger partial charge in [0.1, 0.15) is 0 Å². The van der Waals surface area contributed by atoms with Crippen molar-refractivity contribution in [1.82, 2.24) is 4.57 Å². The molecule has 1 aromatic heterocycles. The molecule has 3 rings (SSSR count). The maximum Gasteiger partial charge on any atom is 0.234 e. The maximum absolute atomic E-state index is 12.1. The van der Waals surface area contributed by atoms with Gasteiger partial charge in [-0.05, 0) is 37.3 Å². The summed E-state index contributed by atoms with van der Waals surface area (Å²) < 4.78 is 2.20. The fraction of sp³-hybridized carbons (Fsp3) is 0.167. The van der Waals surface area contributed by atoms with Crippen LogP contribution in [0.3, 0.4) is 0 Å². The van der Waals surface area contributed by atoms with E-state index in [0.29, 0.717) is 10.8 Å². The molecule has 0 radical (unpaired) electrons. The van der Waals surface area contributed by atoms with Gasteiger partial charge in [-0.15, -0.1) is 11.8 Å². The minimum absolute atomic E-state index is 0.0225. The summed E-state index contributed by atoms with van der Waals surface area (Å²) in [6.45, 7) is 3.03. The number of benzene rings is 2. The summed E-state index contributed by atoms with van der Waals surface area (Å²) in [5.41, 5.74) is 1.96. The van der Waals surface area contributed by atoms with E-state index in [1.165, 1.54) is 10.9 Å². The Bertz CT molecular complexity index is 827.